The summed E-state index contributed by atoms with van der Waals surface area (Å²) in [6, 6.07) is 8.45. The number of para-hydroxylation sites is 1. The van der Waals surface area contributed by atoms with Gasteiger partial charge in [-0.05, 0) is 18.1 Å². The van der Waals surface area contributed by atoms with Gasteiger partial charge in [0.1, 0.15) is 0 Å². The van der Waals surface area contributed by atoms with Crippen molar-refractivity contribution in [2.75, 3.05) is 0 Å². The number of aromatic nitrogens is 1. The molecule has 5 heteroatoms. The summed E-state index contributed by atoms with van der Waals surface area (Å²) in [4.78, 5) is 4.73. The molecule has 3 nitrogen and oxygen atoms in total. The van der Waals surface area contributed by atoms with Crippen molar-refractivity contribution in [2.24, 2.45) is 5.92 Å². The standard InChI is InChI=1S/C15H21NS.HNOS/c1-3-5-8-12(4-2)11-15-16-13-9-6-7-10-14(13)17-15;1-3-2/h6-7,9-10,12H,3-5,8,11H2,1-2H3;1H. The minimum absolute atomic E-state index is 0.250. The van der Waals surface area contributed by atoms with Crippen LogP contribution in [0.15, 0.2) is 24.3 Å². The summed E-state index contributed by atoms with van der Waals surface area (Å²) in [5.74, 6) is 0.815. The number of fused-ring (bicyclic) bond motifs is 1. The predicted octanol–water partition coefficient (Wildman–Crippen LogP) is 5.02. The molecule has 0 fully saturated rings. The highest BCUT2D eigenvalue weighted by Gasteiger charge is 2.10. The van der Waals surface area contributed by atoms with Crippen LogP contribution in [0.4, 0.5) is 0 Å². The summed E-state index contributed by atoms with van der Waals surface area (Å²) in [5, 5.41) is 1.31. The summed E-state index contributed by atoms with van der Waals surface area (Å²) in [7, 11) is 0. The normalized spacial score (nSPS) is 11.7. The number of nitrogens with one attached hydrogen (secondary N) is 1. The van der Waals surface area contributed by atoms with E-state index in [4.69, 9.17) is 14.0 Å². The van der Waals surface area contributed by atoms with Gasteiger partial charge in [-0.15, -0.1) is 11.3 Å². The van der Waals surface area contributed by atoms with Gasteiger partial charge in [0.05, 0.1) is 15.2 Å². The lowest BCUT2D eigenvalue weighted by molar-refractivity contribution is 0.449. The van der Waals surface area contributed by atoms with Crippen molar-refractivity contribution < 1.29 is 4.21 Å². The molecule has 0 aliphatic rings. The van der Waals surface area contributed by atoms with Crippen molar-refractivity contribution >= 4 is 33.0 Å². The van der Waals surface area contributed by atoms with E-state index < -0.39 is 0 Å². The van der Waals surface area contributed by atoms with E-state index in [0.29, 0.717) is 0 Å². The molecule has 110 valence electrons. The molecular weight excluding hydrogens is 288 g/mol. The van der Waals surface area contributed by atoms with Gasteiger partial charge < -0.3 is 0 Å². The van der Waals surface area contributed by atoms with Crippen molar-refractivity contribution in [2.45, 2.75) is 46.0 Å². The van der Waals surface area contributed by atoms with Crippen LogP contribution >= 0.6 is 11.3 Å². The molecule has 1 heterocycles. The van der Waals surface area contributed by atoms with Gasteiger partial charge in [0, 0.05) is 6.42 Å². The van der Waals surface area contributed by atoms with Crippen molar-refractivity contribution in [3.8, 4) is 0 Å². The van der Waals surface area contributed by atoms with Gasteiger partial charge in [-0.2, -0.15) is 4.21 Å². The second-order valence-corrected chi connectivity index (χ2v) is 6.06. The molecule has 0 bridgehead atoms. The number of hydrogen-bond acceptors (Lipinski definition) is 4. The second-order valence-electron chi connectivity index (χ2n) is 4.78. The number of rotatable bonds is 6. The fraction of sp³-hybridized carbons (Fsp3) is 0.533. The highest BCUT2D eigenvalue weighted by atomic mass is 32.1. The van der Waals surface area contributed by atoms with Crippen molar-refractivity contribution in [1.82, 2.24) is 4.98 Å². The van der Waals surface area contributed by atoms with Gasteiger partial charge in [0.25, 0.3) is 0 Å². The Morgan fingerprint density at radius 1 is 1.35 bits per heavy atom. The van der Waals surface area contributed by atoms with Crippen molar-refractivity contribution in [1.29, 1.82) is 4.78 Å². The zero-order valence-electron chi connectivity index (χ0n) is 12.1. The maximum absolute atomic E-state index is 8.51. The maximum Gasteiger partial charge on any atom is 0.196 e. The molecule has 2 rings (SSSR count). The second kappa shape index (κ2) is 9.77. The monoisotopic (exact) mass is 310 g/mol. The molecule has 1 N–H and O–H groups in total. The Labute approximate surface area is 128 Å². The highest BCUT2D eigenvalue weighted by molar-refractivity contribution is 7.53. The minimum atomic E-state index is -0.250. The fourth-order valence-electron chi connectivity index (χ4n) is 2.20. The molecule has 2 aromatic rings. The summed E-state index contributed by atoms with van der Waals surface area (Å²) in [5.41, 5.74) is 1.16. The molecule has 1 atom stereocenters. The molecule has 0 aliphatic heterocycles. The summed E-state index contributed by atoms with van der Waals surface area (Å²) in [6.07, 6.45) is 6.44. The van der Waals surface area contributed by atoms with Crippen LogP contribution in [0.3, 0.4) is 0 Å². The van der Waals surface area contributed by atoms with E-state index in [1.807, 2.05) is 11.3 Å². The first-order valence-electron chi connectivity index (χ1n) is 7.05. The third kappa shape index (κ3) is 5.51. The Bertz CT molecular complexity index is 515. The SMILES string of the molecule is CCCCC(CC)Cc1nc2ccccc2s1.N=S=O. The van der Waals surface area contributed by atoms with Crippen LogP contribution in [-0.2, 0) is 17.9 Å². The lowest BCUT2D eigenvalue weighted by Crippen LogP contribution is -2.02. The number of benzene rings is 1. The Kier molecular flexibility index (Phi) is 8.30. The number of thiazole rings is 1. The molecule has 0 spiro atoms. The molecule has 1 unspecified atom stereocenters. The summed E-state index contributed by atoms with van der Waals surface area (Å²) in [6.45, 7) is 4.57. The maximum atomic E-state index is 8.51. The van der Waals surface area contributed by atoms with E-state index in [1.165, 1.54) is 35.4 Å². The van der Waals surface area contributed by atoms with Gasteiger partial charge in [0.2, 0.25) is 0 Å². The van der Waals surface area contributed by atoms with E-state index >= 15 is 0 Å². The van der Waals surface area contributed by atoms with Gasteiger partial charge >= 0.3 is 0 Å². The molecule has 1 aromatic heterocycles. The Balaban J connectivity index is 0.000000612. The first-order chi connectivity index (χ1) is 9.74. The molecule has 0 saturated carbocycles. The predicted molar refractivity (Wildman–Crippen MR) is 87.5 cm³/mol. The van der Waals surface area contributed by atoms with Crippen LogP contribution in [0.1, 0.15) is 44.5 Å². The van der Waals surface area contributed by atoms with Crippen LogP contribution in [-0.4, -0.2) is 9.19 Å². The topological polar surface area (TPSA) is 53.8 Å². The van der Waals surface area contributed by atoms with Crippen LogP contribution in [0.2, 0.25) is 0 Å². The van der Waals surface area contributed by atoms with E-state index in [9.17, 15) is 0 Å². The Hall–Kier alpha value is -1.07. The molecular formula is C15H22N2OS2. The summed E-state index contributed by atoms with van der Waals surface area (Å²) >= 11 is 1.61. The number of unbranched alkanes of at least 4 members (excludes halogenated alkanes) is 1. The van der Waals surface area contributed by atoms with Gasteiger partial charge in [-0.1, -0.05) is 51.7 Å². The first-order valence-corrected chi connectivity index (χ1v) is 8.60. The van der Waals surface area contributed by atoms with Gasteiger partial charge in [0.15, 0.2) is 11.5 Å². The van der Waals surface area contributed by atoms with Gasteiger partial charge in [-0.3, -0.25) is 0 Å². The van der Waals surface area contributed by atoms with Crippen molar-refractivity contribution in [3.05, 3.63) is 29.3 Å². The zero-order chi connectivity index (χ0) is 14.8. The van der Waals surface area contributed by atoms with E-state index in [2.05, 4.69) is 38.1 Å². The molecule has 0 amide bonds. The number of nitrogens with zero attached hydrogens (tertiary/aromatic N) is 1. The third-order valence-electron chi connectivity index (χ3n) is 3.34. The average molecular weight is 310 g/mol. The smallest absolute Gasteiger partial charge is 0.196 e. The third-order valence-corrected chi connectivity index (χ3v) is 4.40. The van der Waals surface area contributed by atoms with E-state index in [-0.39, 0.29) is 11.5 Å². The molecule has 1 aromatic carbocycles. The lowest BCUT2D eigenvalue weighted by atomic mass is 9.96. The molecule has 20 heavy (non-hydrogen) atoms. The van der Waals surface area contributed by atoms with Crippen LogP contribution in [0, 0.1) is 10.7 Å². The van der Waals surface area contributed by atoms with Gasteiger partial charge in [-0.25, -0.2) is 9.76 Å². The minimum Gasteiger partial charge on any atom is -0.241 e. The van der Waals surface area contributed by atoms with Crippen molar-refractivity contribution in [3.63, 3.8) is 0 Å². The molecule has 0 saturated heterocycles. The summed E-state index contributed by atoms with van der Waals surface area (Å²) < 4.78 is 15.4. The van der Waals surface area contributed by atoms with E-state index in [0.717, 1.165) is 17.9 Å². The van der Waals surface area contributed by atoms with Crippen LogP contribution in [0.25, 0.3) is 10.2 Å². The lowest BCUT2D eigenvalue weighted by Gasteiger charge is -2.11. The van der Waals surface area contributed by atoms with E-state index in [1.54, 1.807) is 0 Å². The molecule has 0 radical (unpaired) electrons. The Morgan fingerprint density at radius 3 is 2.65 bits per heavy atom. The molecule has 0 aliphatic carbocycles. The highest BCUT2D eigenvalue weighted by Crippen LogP contribution is 2.26. The fourth-order valence-corrected chi connectivity index (χ4v) is 3.28. The largest absolute Gasteiger partial charge is 0.241 e. The van der Waals surface area contributed by atoms with Crippen LogP contribution < -0.4 is 0 Å². The number of hydrogen-bond donors (Lipinski definition) is 1. The Morgan fingerprint density at radius 2 is 2.05 bits per heavy atom. The first kappa shape index (κ1) is 17.0. The quantitative estimate of drug-likeness (QED) is 0.814. The van der Waals surface area contributed by atoms with Crippen LogP contribution in [0.5, 0.6) is 0 Å². The zero-order valence-corrected chi connectivity index (χ0v) is 13.7. The average Bonchev–Trinajstić information content (AvgIpc) is 2.86.